The molecule has 0 aliphatic heterocycles. The lowest BCUT2D eigenvalue weighted by Crippen LogP contribution is -2.32. The molecule has 10 nitrogen and oxygen atoms in total. The van der Waals surface area contributed by atoms with Crippen LogP contribution in [-0.2, 0) is 14.4 Å². The lowest BCUT2D eigenvalue weighted by atomic mass is 10.1. The van der Waals surface area contributed by atoms with Gasteiger partial charge < -0.3 is 24.8 Å². The zero-order valence-electron chi connectivity index (χ0n) is 21.0. The molecule has 3 aromatic carbocycles. The normalized spacial score (nSPS) is 10.5. The largest absolute Gasteiger partial charge is 0.497 e. The fraction of sp³-hybridized carbons (Fsp3) is 0.185. The van der Waals surface area contributed by atoms with E-state index >= 15 is 0 Å². The van der Waals surface area contributed by atoms with Crippen molar-refractivity contribution in [3.05, 3.63) is 77.4 Å². The van der Waals surface area contributed by atoms with Gasteiger partial charge in [-0.25, -0.2) is 5.43 Å². The molecule has 3 rings (SSSR count). The second-order valence-corrected chi connectivity index (χ2v) is 7.93. The zero-order valence-corrected chi connectivity index (χ0v) is 21.0. The van der Waals surface area contributed by atoms with Crippen molar-refractivity contribution in [2.45, 2.75) is 13.8 Å². The van der Waals surface area contributed by atoms with E-state index in [0.717, 1.165) is 11.1 Å². The Balaban J connectivity index is 1.53. The van der Waals surface area contributed by atoms with Crippen molar-refractivity contribution < 1.29 is 28.6 Å². The first kappa shape index (κ1) is 26.7. The Kier molecular flexibility index (Phi) is 9.20. The van der Waals surface area contributed by atoms with Crippen molar-refractivity contribution in [3.63, 3.8) is 0 Å². The van der Waals surface area contributed by atoms with E-state index in [-0.39, 0.29) is 12.5 Å². The van der Waals surface area contributed by atoms with Gasteiger partial charge in [0.05, 0.1) is 20.4 Å². The monoisotopic (exact) mass is 504 g/mol. The number of nitrogens with one attached hydrogen (secondary N) is 3. The van der Waals surface area contributed by atoms with Gasteiger partial charge in [-0.2, -0.15) is 5.10 Å². The molecule has 0 saturated heterocycles. The van der Waals surface area contributed by atoms with E-state index in [0.29, 0.717) is 34.2 Å². The van der Waals surface area contributed by atoms with Crippen molar-refractivity contribution in [2.24, 2.45) is 5.10 Å². The third-order valence-electron chi connectivity index (χ3n) is 5.25. The summed E-state index contributed by atoms with van der Waals surface area (Å²) in [7, 11) is 2.96. The molecule has 3 N–H and O–H groups in total. The fourth-order valence-corrected chi connectivity index (χ4v) is 3.15. The zero-order chi connectivity index (χ0) is 26.8. The summed E-state index contributed by atoms with van der Waals surface area (Å²) < 4.78 is 16.0. The predicted octanol–water partition coefficient (Wildman–Crippen LogP) is 3.43. The molecular weight excluding hydrogens is 476 g/mol. The SMILES string of the molecule is COc1cccc(NC(=O)C(=O)N/N=C\c2ccc(OCC(=O)Nc3ccc(C)c(C)c3)c(OC)c2)c1. The lowest BCUT2D eigenvalue weighted by molar-refractivity contribution is -0.136. The van der Waals surface area contributed by atoms with Crippen LogP contribution >= 0.6 is 0 Å². The summed E-state index contributed by atoms with van der Waals surface area (Å²) in [5, 5.41) is 9.06. The van der Waals surface area contributed by atoms with Gasteiger partial charge in [0, 0.05) is 17.4 Å². The highest BCUT2D eigenvalue weighted by atomic mass is 16.5. The number of hydrogen-bond acceptors (Lipinski definition) is 7. The van der Waals surface area contributed by atoms with Gasteiger partial charge in [0.2, 0.25) is 0 Å². The summed E-state index contributed by atoms with van der Waals surface area (Å²) in [6, 6.07) is 17.1. The Morgan fingerprint density at radius 1 is 0.811 bits per heavy atom. The molecule has 0 aliphatic carbocycles. The molecule has 0 saturated carbocycles. The number of hydrogen-bond donors (Lipinski definition) is 3. The molecule has 3 amide bonds. The van der Waals surface area contributed by atoms with E-state index in [1.165, 1.54) is 20.4 Å². The first-order valence-corrected chi connectivity index (χ1v) is 11.3. The number of anilines is 2. The van der Waals surface area contributed by atoms with Gasteiger partial charge in [-0.05, 0) is 73.0 Å². The molecule has 0 unspecified atom stereocenters. The number of carbonyl (C=O) groups excluding carboxylic acids is 3. The van der Waals surface area contributed by atoms with Crippen LogP contribution in [0.2, 0.25) is 0 Å². The number of carbonyl (C=O) groups is 3. The van der Waals surface area contributed by atoms with E-state index < -0.39 is 11.8 Å². The van der Waals surface area contributed by atoms with Crippen molar-refractivity contribution >= 4 is 35.3 Å². The molecule has 0 atom stereocenters. The molecule has 0 aliphatic rings. The van der Waals surface area contributed by atoms with Crippen LogP contribution in [0.5, 0.6) is 17.2 Å². The van der Waals surface area contributed by atoms with Crippen molar-refractivity contribution in [1.82, 2.24) is 5.43 Å². The summed E-state index contributed by atoms with van der Waals surface area (Å²) >= 11 is 0. The van der Waals surface area contributed by atoms with Crippen LogP contribution in [0.4, 0.5) is 11.4 Å². The van der Waals surface area contributed by atoms with Gasteiger partial charge in [-0.15, -0.1) is 0 Å². The van der Waals surface area contributed by atoms with Gasteiger partial charge in [0.15, 0.2) is 18.1 Å². The molecule has 0 spiro atoms. The van der Waals surface area contributed by atoms with E-state index in [2.05, 4.69) is 21.2 Å². The van der Waals surface area contributed by atoms with Crippen LogP contribution in [0.15, 0.2) is 65.8 Å². The molecule has 0 heterocycles. The molecule has 10 heteroatoms. The number of rotatable bonds is 9. The Hall–Kier alpha value is -4.86. The number of methoxy groups -OCH3 is 2. The van der Waals surface area contributed by atoms with Crippen molar-refractivity contribution in [1.29, 1.82) is 0 Å². The third kappa shape index (κ3) is 7.82. The minimum atomic E-state index is -0.944. The Morgan fingerprint density at radius 3 is 2.32 bits per heavy atom. The highest BCUT2D eigenvalue weighted by molar-refractivity contribution is 6.39. The molecular formula is C27H28N4O6. The van der Waals surface area contributed by atoms with Crippen molar-refractivity contribution in [2.75, 3.05) is 31.5 Å². The van der Waals surface area contributed by atoms with Crippen LogP contribution < -0.4 is 30.3 Å². The van der Waals surface area contributed by atoms with Crippen LogP contribution in [0, 0.1) is 13.8 Å². The minimum absolute atomic E-state index is 0.213. The molecule has 0 fully saturated rings. The second-order valence-electron chi connectivity index (χ2n) is 7.93. The van der Waals surface area contributed by atoms with E-state index in [1.54, 1.807) is 42.5 Å². The summed E-state index contributed by atoms with van der Waals surface area (Å²) in [5.41, 5.74) is 6.04. The van der Waals surface area contributed by atoms with Crippen LogP contribution in [0.3, 0.4) is 0 Å². The Morgan fingerprint density at radius 2 is 1.59 bits per heavy atom. The smallest absolute Gasteiger partial charge is 0.329 e. The molecule has 0 bridgehead atoms. The maximum Gasteiger partial charge on any atom is 0.329 e. The fourth-order valence-electron chi connectivity index (χ4n) is 3.15. The Bertz CT molecular complexity index is 1320. The van der Waals surface area contributed by atoms with Gasteiger partial charge in [0.1, 0.15) is 5.75 Å². The summed E-state index contributed by atoms with van der Waals surface area (Å²) in [5.74, 6) is -0.876. The number of hydrazone groups is 1. The molecule has 192 valence electrons. The highest BCUT2D eigenvalue weighted by Crippen LogP contribution is 2.27. The highest BCUT2D eigenvalue weighted by Gasteiger charge is 2.13. The summed E-state index contributed by atoms with van der Waals surface area (Å²) in [6.45, 7) is 3.76. The topological polar surface area (TPSA) is 127 Å². The van der Waals surface area contributed by atoms with Crippen molar-refractivity contribution in [3.8, 4) is 17.2 Å². The average molecular weight is 505 g/mol. The van der Waals surface area contributed by atoms with E-state index in [9.17, 15) is 14.4 Å². The van der Waals surface area contributed by atoms with Gasteiger partial charge in [-0.3, -0.25) is 14.4 Å². The average Bonchev–Trinajstić information content (AvgIpc) is 2.89. The van der Waals surface area contributed by atoms with E-state index in [4.69, 9.17) is 14.2 Å². The lowest BCUT2D eigenvalue weighted by Gasteiger charge is -2.12. The van der Waals surface area contributed by atoms with Gasteiger partial charge in [0.25, 0.3) is 5.91 Å². The molecule has 0 aromatic heterocycles. The maximum absolute atomic E-state index is 12.3. The van der Waals surface area contributed by atoms with Crippen LogP contribution in [0.25, 0.3) is 0 Å². The molecule has 3 aromatic rings. The summed E-state index contributed by atoms with van der Waals surface area (Å²) in [4.78, 5) is 36.4. The number of ether oxygens (including phenoxy) is 3. The standard InChI is InChI=1S/C27H28N4O6/c1-17-8-10-21(12-18(17)2)29-25(32)16-37-23-11-9-19(13-24(23)36-4)15-28-31-27(34)26(33)30-20-6-5-7-22(14-20)35-3/h5-15H,16H2,1-4H3,(H,29,32)(H,30,33)(H,31,34)/b28-15-. The van der Waals surface area contributed by atoms with Crippen LogP contribution in [0.1, 0.15) is 16.7 Å². The number of amides is 3. The van der Waals surface area contributed by atoms with E-state index in [1.807, 2.05) is 32.0 Å². The van der Waals surface area contributed by atoms with Gasteiger partial charge in [-0.1, -0.05) is 12.1 Å². The third-order valence-corrected chi connectivity index (χ3v) is 5.25. The quantitative estimate of drug-likeness (QED) is 0.233. The maximum atomic E-state index is 12.3. The number of aryl methyl sites for hydroxylation is 2. The predicted molar refractivity (Wildman–Crippen MR) is 140 cm³/mol. The summed E-state index contributed by atoms with van der Waals surface area (Å²) in [6.07, 6.45) is 1.34. The molecule has 0 radical (unpaired) electrons. The first-order valence-electron chi connectivity index (χ1n) is 11.3. The van der Waals surface area contributed by atoms with Crippen LogP contribution in [-0.4, -0.2) is 44.8 Å². The first-order chi connectivity index (χ1) is 17.8. The molecule has 37 heavy (non-hydrogen) atoms. The minimum Gasteiger partial charge on any atom is -0.497 e. The van der Waals surface area contributed by atoms with Gasteiger partial charge >= 0.3 is 11.8 Å². The second kappa shape index (κ2) is 12.7. The number of benzene rings is 3. The number of nitrogens with zero attached hydrogens (tertiary/aromatic N) is 1. The Labute approximate surface area is 214 Å².